The molecule has 1 aliphatic rings. The number of non-ortho nitro benzene ring substituents is 1. The maximum Gasteiger partial charge on any atom is 0.270 e. The Morgan fingerprint density at radius 1 is 1.24 bits per heavy atom. The molecule has 0 amide bonds. The van der Waals surface area contributed by atoms with Gasteiger partial charge in [0.15, 0.2) is 0 Å². The molecule has 0 saturated heterocycles. The minimum Gasteiger partial charge on any atom is -0.258 e. The molecular formula is C14H20N2O4S. The maximum atomic E-state index is 12.7. The van der Waals surface area contributed by atoms with Gasteiger partial charge < -0.3 is 0 Å². The van der Waals surface area contributed by atoms with Crippen LogP contribution in [-0.2, 0) is 10.0 Å². The number of nitrogens with zero attached hydrogens (tertiary/aromatic N) is 2. The second kappa shape index (κ2) is 6.11. The van der Waals surface area contributed by atoms with Crippen LogP contribution in [0.25, 0.3) is 0 Å². The first-order chi connectivity index (χ1) is 9.84. The van der Waals surface area contributed by atoms with Crippen molar-refractivity contribution < 1.29 is 13.3 Å². The summed E-state index contributed by atoms with van der Waals surface area (Å²) >= 11 is 0. The van der Waals surface area contributed by atoms with Crippen LogP contribution in [0.3, 0.4) is 0 Å². The Morgan fingerprint density at radius 2 is 1.86 bits per heavy atom. The van der Waals surface area contributed by atoms with E-state index in [-0.39, 0.29) is 16.6 Å². The summed E-state index contributed by atoms with van der Waals surface area (Å²) in [7, 11) is -2.12. The van der Waals surface area contributed by atoms with Crippen LogP contribution in [0.2, 0.25) is 0 Å². The van der Waals surface area contributed by atoms with E-state index < -0.39 is 14.9 Å². The molecule has 1 aromatic rings. The smallest absolute Gasteiger partial charge is 0.258 e. The van der Waals surface area contributed by atoms with E-state index in [0.717, 1.165) is 38.2 Å². The van der Waals surface area contributed by atoms with E-state index in [2.05, 4.69) is 0 Å². The van der Waals surface area contributed by atoms with Gasteiger partial charge in [0, 0.05) is 25.2 Å². The topological polar surface area (TPSA) is 80.5 Å². The second-order valence-electron chi connectivity index (χ2n) is 5.52. The van der Waals surface area contributed by atoms with Crippen molar-refractivity contribution in [2.24, 2.45) is 0 Å². The summed E-state index contributed by atoms with van der Waals surface area (Å²) in [4.78, 5) is 10.3. The van der Waals surface area contributed by atoms with E-state index in [0.29, 0.717) is 5.56 Å². The first-order valence-corrected chi connectivity index (χ1v) is 8.51. The molecule has 6 nitrogen and oxygen atoms in total. The average molecular weight is 312 g/mol. The molecule has 21 heavy (non-hydrogen) atoms. The third kappa shape index (κ3) is 3.24. The lowest BCUT2D eigenvalue weighted by Crippen LogP contribution is -2.38. The van der Waals surface area contributed by atoms with Crippen LogP contribution >= 0.6 is 0 Å². The van der Waals surface area contributed by atoms with Crippen LogP contribution in [-0.4, -0.2) is 30.7 Å². The molecule has 0 spiro atoms. The Bertz CT molecular complexity index is 636. The van der Waals surface area contributed by atoms with Gasteiger partial charge in [0.2, 0.25) is 10.0 Å². The fourth-order valence-electron chi connectivity index (χ4n) is 2.78. The van der Waals surface area contributed by atoms with Crippen molar-refractivity contribution in [1.29, 1.82) is 0 Å². The summed E-state index contributed by atoms with van der Waals surface area (Å²) in [6.45, 7) is 1.66. The molecule has 116 valence electrons. The number of benzene rings is 1. The number of hydrogen-bond donors (Lipinski definition) is 0. The van der Waals surface area contributed by atoms with E-state index >= 15 is 0 Å². The molecule has 1 fully saturated rings. The second-order valence-corrected chi connectivity index (χ2v) is 7.49. The van der Waals surface area contributed by atoms with Gasteiger partial charge in [0.1, 0.15) is 0 Å². The molecule has 0 radical (unpaired) electrons. The molecular weight excluding hydrogens is 292 g/mol. The zero-order valence-corrected chi connectivity index (χ0v) is 13.1. The van der Waals surface area contributed by atoms with Crippen molar-refractivity contribution in [1.82, 2.24) is 4.31 Å². The van der Waals surface area contributed by atoms with E-state index in [9.17, 15) is 18.5 Å². The highest BCUT2D eigenvalue weighted by molar-refractivity contribution is 7.89. The molecule has 1 aliphatic carbocycles. The van der Waals surface area contributed by atoms with E-state index in [4.69, 9.17) is 0 Å². The lowest BCUT2D eigenvalue weighted by atomic mass is 9.96. The Hall–Kier alpha value is -1.47. The maximum absolute atomic E-state index is 12.7. The minimum atomic E-state index is -3.70. The fraction of sp³-hybridized carbons (Fsp3) is 0.571. The Morgan fingerprint density at radius 3 is 2.43 bits per heavy atom. The number of aryl methyl sites for hydroxylation is 1. The third-order valence-corrected chi connectivity index (χ3v) is 6.18. The normalized spacial score (nSPS) is 17.1. The van der Waals surface area contributed by atoms with Gasteiger partial charge in [-0.1, -0.05) is 25.3 Å². The minimum absolute atomic E-state index is 0.0117. The summed E-state index contributed by atoms with van der Waals surface area (Å²) in [6.07, 6.45) is 4.89. The molecule has 0 unspecified atom stereocenters. The van der Waals surface area contributed by atoms with Gasteiger partial charge in [0.05, 0.1) is 9.82 Å². The van der Waals surface area contributed by atoms with Gasteiger partial charge in [-0.2, -0.15) is 4.31 Å². The first-order valence-electron chi connectivity index (χ1n) is 7.07. The Kier molecular flexibility index (Phi) is 4.63. The predicted octanol–water partition coefficient (Wildman–Crippen LogP) is 2.86. The molecule has 0 atom stereocenters. The van der Waals surface area contributed by atoms with Crippen LogP contribution < -0.4 is 0 Å². The quantitative estimate of drug-likeness (QED) is 0.632. The molecule has 2 rings (SSSR count). The summed E-state index contributed by atoms with van der Waals surface area (Å²) in [5.41, 5.74) is 0.333. The van der Waals surface area contributed by atoms with Crippen LogP contribution in [0, 0.1) is 17.0 Å². The van der Waals surface area contributed by atoms with E-state index in [1.165, 1.54) is 16.4 Å². The lowest BCUT2D eigenvalue weighted by Gasteiger charge is -2.30. The SMILES string of the molecule is Cc1ccc([N+](=O)[O-])cc1S(=O)(=O)N(C)C1CCCCC1. The monoisotopic (exact) mass is 312 g/mol. The predicted molar refractivity (Wildman–Crippen MR) is 79.7 cm³/mol. The van der Waals surface area contributed by atoms with Crippen molar-refractivity contribution in [3.8, 4) is 0 Å². The summed E-state index contributed by atoms with van der Waals surface area (Å²) in [5, 5.41) is 10.9. The number of rotatable bonds is 4. The third-order valence-electron chi connectivity index (χ3n) is 4.13. The van der Waals surface area contributed by atoms with Crippen molar-refractivity contribution in [2.75, 3.05) is 7.05 Å². The van der Waals surface area contributed by atoms with Crippen LogP contribution in [0.1, 0.15) is 37.7 Å². The zero-order valence-electron chi connectivity index (χ0n) is 12.3. The van der Waals surface area contributed by atoms with Crippen LogP contribution in [0.15, 0.2) is 23.1 Å². The largest absolute Gasteiger partial charge is 0.270 e. The summed E-state index contributed by atoms with van der Waals surface area (Å²) in [5.74, 6) is 0. The van der Waals surface area contributed by atoms with Crippen molar-refractivity contribution in [2.45, 2.75) is 50.0 Å². The van der Waals surface area contributed by atoms with Crippen molar-refractivity contribution in [3.63, 3.8) is 0 Å². The first kappa shape index (κ1) is 15.9. The lowest BCUT2D eigenvalue weighted by molar-refractivity contribution is -0.385. The van der Waals surface area contributed by atoms with Crippen molar-refractivity contribution >= 4 is 15.7 Å². The van der Waals surface area contributed by atoms with Gasteiger partial charge in [-0.3, -0.25) is 10.1 Å². The molecule has 7 heteroatoms. The van der Waals surface area contributed by atoms with Crippen LogP contribution in [0.5, 0.6) is 0 Å². The van der Waals surface area contributed by atoms with Crippen molar-refractivity contribution in [3.05, 3.63) is 33.9 Å². The van der Waals surface area contributed by atoms with Crippen LogP contribution in [0.4, 0.5) is 5.69 Å². The molecule has 0 aliphatic heterocycles. The zero-order chi connectivity index (χ0) is 15.6. The van der Waals surface area contributed by atoms with Gasteiger partial charge in [-0.25, -0.2) is 8.42 Å². The van der Waals surface area contributed by atoms with E-state index in [1.54, 1.807) is 14.0 Å². The number of hydrogen-bond acceptors (Lipinski definition) is 4. The highest BCUT2D eigenvalue weighted by Crippen LogP contribution is 2.29. The Balaban J connectivity index is 2.38. The van der Waals surface area contributed by atoms with E-state index in [1.807, 2.05) is 0 Å². The number of nitro benzene ring substituents is 1. The fourth-order valence-corrected chi connectivity index (χ4v) is 4.43. The summed E-state index contributed by atoms with van der Waals surface area (Å²) in [6, 6.07) is 3.96. The molecule has 0 bridgehead atoms. The highest BCUT2D eigenvalue weighted by atomic mass is 32.2. The highest BCUT2D eigenvalue weighted by Gasteiger charge is 2.31. The summed E-state index contributed by atoms with van der Waals surface area (Å²) < 4.78 is 26.8. The molecule has 0 aromatic heterocycles. The molecule has 0 N–H and O–H groups in total. The van der Waals surface area contributed by atoms with Gasteiger partial charge >= 0.3 is 0 Å². The standard InChI is InChI=1S/C14H20N2O4S/c1-11-8-9-13(16(17)18)10-14(11)21(19,20)15(2)12-6-4-3-5-7-12/h8-10,12H,3-7H2,1-2H3. The average Bonchev–Trinajstić information content (AvgIpc) is 2.47. The molecule has 1 saturated carbocycles. The van der Waals surface area contributed by atoms with Gasteiger partial charge in [-0.05, 0) is 25.3 Å². The van der Waals surface area contributed by atoms with Gasteiger partial charge in [0.25, 0.3) is 5.69 Å². The number of nitro groups is 1. The van der Waals surface area contributed by atoms with Gasteiger partial charge in [-0.15, -0.1) is 0 Å². The Labute approximate surface area is 125 Å². The molecule has 0 heterocycles. The molecule has 1 aromatic carbocycles. The number of sulfonamides is 1.